The Morgan fingerprint density at radius 1 is 1.08 bits per heavy atom. The largest absolute Gasteiger partial charge is 0.376 e. The molecule has 2 aromatic carbocycles. The van der Waals surface area contributed by atoms with Gasteiger partial charge in [0, 0.05) is 30.7 Å². The van der Waals surface area contributed by atoms with Gasteiger partial charge in [0.2, 0.25) is 0 Å². The third-order valence-electron chi connectivity index (χ3n) is 4.54. The molecule has 0 saturated carbocycles. The number of hydrogen-bond donors (Lipinski definition) is 1. The topological polar surface area (TPSA) is 46.9 Å². The highest BCUT2D eigenvalue weighted by molar-refractivity contribution is 6.07. The third-order valence-corrected chi connectivity index (χ3v) is 4.54. The Hall–Kier alpha value is -3.02. The van der Waals surface area contributed by atoms with E-state index in [2.05, 4.69) is 10.3 Å². The van der Waals surface area contributed by atoms with Gasteiger partial charge in [0.15, 0.2) is 5.78 Å². The van der Waals surface area contributed by atoms with Crippen molar-refractivity contribution in [2.75, 3.05) is 5.32 Å². The molecule has 4 rings (SSSR count). The first-order valence-corrected chi connectivity index (χ1v) is 7.87. The van der Waals surface area contributed by atoms with E-state index in [1.54, 1.807) is 29.1 Å². The van der Waals surface area contributed by atoms with Crippen molar-refractivity contribution in [2.45, 2.75) is 12.0 Å². The summed E-state index contributed by atoms with van der Waals surface area (Å²) in [7, 11) is 1.82. The maximum Gasteiger partial charge on any atom is 0.177 e. The van der Waals surface area contributed by atoms with Gasteiger partial charge in [-0.2, -0.15) is 0 Å². The molecule has 0 radical (unpaired) electrons. The first-order chi connectivity index (χ1) is 12.0. The lowest BCUT2D eigenvalue weighted by Crippen LogP contribution is -2.33. The van der Waals surface area contributed by atoms with Crippen molar-refractivity contribution in [3.63, 3.8) is 0 Å². The Balaban J connectivity index is 1.88. The number of nitrogens with zero attached hydrogens (tertiary/aromatic N) is 2. The van der Waals surface area contributed by atoms with Crippen LogP contribution >= 0.6 is 0 Å². The zero-order chi connectivity index (χ0) is 17.6. The van der Waals surface area contributed by atoms with Crippen LogP contribution in [0.4, 0.5) is 14.5 Å². The van der Waals surface area contributed by atoms with Crippen LogP contribution in [0, 0.1) is 11.6 Å². The average Bonchev–Trinajstić information content (AvgIpc) is 3.01. The smallest absolute Gasteiger partial charge is 0.177 e. The number of imidazole rings is 1. The Labute approximate surface area is 143 Å². The van der Waals surface area contributed by atoms with Gasteiger partial charge in [-0.05, 0) is 35.9 Å². The second-order valence-corrected chi connectivity index (χ2v) is 6.10. The van der Waals surface area contributed by atoms with E-state index in [-0.39, 0.29) is 11.6 Å². The standard InChI is InChI=1S/C19H15F2N3O/c1-24-9-8-22-19(24)16-17(11-2-4-12(20)5-3-11)23-15-10-13(21)6-7-14(15)18(16)25/h2-10,16-17,23H,1H3. The molecule has 1 N–H and O–H groups in total. The van der Waals surface area contributed by atoms with Crippen molar-refractivity contribution in [1.29, 1.82) is 0 Å². The molecule has 1 aliphatic heterocycles. The number of halogens is 2. The fraction of sp³-hybridized carbons (Fsp3) is 0.158. The molecule has 2 atom stereocenters. The quantitative estimate of drug-likeness (QED) is 0.772. The van der Waals surface area contributed by atoms with Crippen LogP contribution in [0.15, 0.2) is 54.9 Å². The van der Waals surface area contributed by atoms with Crippen molar-refractivity contribution in [3.8, 4) is 0 Å². The third kappa shape index (κ3) is 2.59. The van der Waals surface area contributed by atoms with E-state index in [4.69, 9.17) is 0 Å². The number of Topliss-reactive ketones (excluding diaryl/α,β-unsaturated/α-hetero) is 1. The molecule has 1 aromatic heterocycles. The van der Waals surface area contributed by atoms with Crippen molar-refractivity contribution >= 4 is 11.5 Å². The molecule has 0 amide bonds. The van der Waals surface area contributed by atoms with E-state index >= 15 is 0 Å². The summed E-state index contributed by atoms with van der Waals surface area (Å²) < 4.78 is 28.7. The summed E-state index contributed by atoms with van der Waals surface area (Å²) in [5, 5.41) is 3.23. The van der Waals surface area contributed by atoms with Gasteiger partial charge < -0.3 is 9.88 Å². The molecule has 6 heteroatoms. The summed E-state index contributed by atoms with van der Waals surface area (Å²) in [6.45, 7) is 0. The summed E-state index contributed by atoms with van der Waals surface area (Å²) in [6, 6.07) is 9.53. The Bertz CT molecular complexity index is 950. The zero-order valence-corrected chi connectivity index (χ0v) is 13.4. The molecule has 126 valence electrons. The number of fused-ring (bicyclic) bond motifs is 1. The number of ketones is 1. The van der Waals surface area contributed by atoms with Gasteiger partial charge in [0.1, 0.15) is 23.4 Å². The number of rotatable bonds is 2. The van der Waals surface area contributed by atoms with E-state index < -0.39 is 17.8 Å². The van der Waals surface area contributed by atoms with Gasteiger partial charge in [-0.15, -0.1) is 0 Å². The number of nitrogens with one attached hydrogen (secondary N) is 1. The predicted octanol–water partition coefficient (Wildman–Crippen LogP) is 3.83. The van der Waals surface area contributed by atoms with Crippen molar-refractivity contribution in [3.05, 3.63) is 83.4 Å². The lowest BCUT2D eigenvalue weighted by molar-refractivity contribution is 0.0939. The highest BCUT2D eigenvalue weighted by atomic mass is 19.1. The summed E-state index contributed by atoms with van der Waals surface area (Å²) in [5.74, 6) is -0.916. The SMILES string of the molecule is Cn1ccnc1C1C(=O)c2ccc(F)cc2NC1c1ccc(F)cc1. The summed E-state index contributed by atoms with van der Waals surface area (Å²) in [6.07, 6.45) is 3.40. The zero-order valence-electron chi connectivity index (χ0n) is 13.4. The Morgan fingerprint density at radius 2 is 1.80 bits per heavy atom. The molecule has 0 bridgehead atoms. The van der Waals surface area contributed by atoms with Gasteiger partial charge in [-0.25, -0.2) is 13.8 Å². The summed E-state index contributed by atoms with van der Waals surface area (Å²) in [4.78, 5) is 17.5. The Kier molecular flexibility index (Phi) is 3.60. The van der Waals surface area contributed by atoms with E-state index in [1.807, 2.05) is 7.05 Å². The number of benzene rings is 2. The second-order valence-electron chi connectivity index (χ2n) is 6.10. The van der Waals surface area contributed by atoms with Crippen LogP contribution in [-0.4, -0.2) is 15.3 Å². The number of aromatic nitrogens is 2. The van der Waals surface area contributed by atoms with Crippen LogP contribution in [0.1, 0.15) is 33.7 Å². The molecular weight excluding hydrogens is 324 g/mol. The maximum absolute atomic E-state index is 13.6. The minimum absolute atomic E-state index is 0.141. The Morgan fingerprint density at radius 3 is 2.48 bits per heavy atom. The molecule has 0 spiro atoms. The van der Waals surface area contributed by atoms with Gasteiger partial charge in [-0.1, -0.05) is 12.1 Å². The minimum Gasteiger partial charge on any atom is -0.376 e. The second kappa shape index (κ2) is 5.81. The van der Waals surface area contributed by atoms with Gasteiger partial charge in [0.25, 0.3) is 0 Å². The van der Waals surface area contributed by atoms with E-state index in [9.17, 15) is 13.6 Å². The highest BCUT2D eigenvalue weighted by Gasteiger charge is 2.39. The molecule has 4 nitrogen and oxygen atoms in total. The molecule has 2 unspecified atom stereocenters. The molecule has 0 saturated heterocycles. The number of carbonyl (C=O) groups is 1. The summed E-state index contributed by atoms with van der Waals surface area (Å²) >= 11 is 0. The minimum atomic E-state index is -0.594. The number of carbonyl (C=O) groups excluding carboxylic acids is 1. The predicted molar refractivity (Wildman–Crippen MR) is 89.4 cm³/mol. The molecule has 25 heavy (non-hydrogen) atoms. The van der Waals surface area contributed by atoms with Gasteiger partial charge in [0.05, 0.1) is 6.04 Å². The summed E-state index contributed by atoms with van der Waals surface area (Å²) in [5.41, 5.74) is 1.59. The lowest BCUT2D eigenvalue weighted by Gasteiger charge is -2.33. The van der Waals surface area contributed by atoms with Crippen molar-refractivity contribution in [2.24, 2.45) is 7.05 Å². The number of aryl methyl sites for hydroxylation is 1. The number of hydrogen-bond acceptors (Lipinski definition) is 3. The van der Waals surface area contributed by atoms with Gasteiger partial charge in [-0.3, -0.25) is 4.79 Å². The van der Waals surface area contributed by atoms with Crippen LogP contribution in [0.3, 0.4) is 0 Å². The monoisotopic (exact) mass is 339 g/mol. The molecule has 0 fully saturated rings. The molecule has 1 aliphatic rings. The van der Waals surface area contributed by atoms with Gasteiger partial charge >= 0.3 is 0 Å². The van der Waals surface area contributed by atoms with E-state index in [0.29, 0.717) is 17.1 Å². The van der Waals surface area contributed by atoms with Crippen LogP contribution in [0.2, 0.25) is 0 Å². The number of anilines is 1. The van der Waals surface area contributed by atoms with E-state index in [0.717, 1.165) is 5.56 Å². The van der Waals surface area contributed by atoms with Crippen LogP contribution in [-0.2, 0) is 7.05 Å². The maximum atomic E-state index is 13.6. The van der Waals surface area contributed by atoms with E-state index in [1.165, 1.54) is 30.3 Å². The molecule has 2 heterocycles. The fourth-order valence-corrected chi connectivity index (χ4v) is 3.31. The molecule has 0 aliphatic carbocycles. The normalized spacial score (nSPS) is 19.4. The van der Waals surface area contributed by atoms with Crippen LogP contribution < -0.4 is 5.32 Å². The van der Waals surface area contributed by atoms with Crippen molar-refractivity contribution in [1.82, 2.24) is 9.55 Å². The highest BCUT2D eigenvalue weighted by Crippen LogP contribution is 2.41. The first kappa shape index (κ1) is 15.5. The first-order valence-electron chi connectivity index (χ1n) is 7.87. The van der Waals surface area contributed by atoms with Crippen LogP contribution in [0.5, 0.6) is 0 Å². The molecular formula is C19H15F2N3O. The fourth-order valence-electron chi connectivity index (χ4n) is 3.31. The average molecular weight is 339 g/mol. The van der Waals surface area contributed by atoms with Crippen molar-refractivity contribution < 1.29 is 13.6 Å². The molecule has 3 aromatic rings. The lowest BCUT2D eigenvalue weighted by atomic mass is 9.82. The van der Waals surface area contributed by atoms with Crippen LogP contribution in [0.25, 0.3) is 0 Å².